The van der Waals surface area contributed by atoms with Crippen LogP contribution in [-0.2, 0) is 30.4 Å². The van der Waals surface area contributed by atoms with Crippen LogP contribution < -0.4 is 38.9 Å². The van der Waals surface area contributed by atoms with Crippen molar-refractivity contribution < 1.29 is 29.1 Å². The third-order valence-electron chi connectivity index (χ3n) is 5.85. The third-order valence-corrected chi connectivity index (χ3v) is 5.85. The van der Waals surface area contributed by atoms with Crippen molar-refractivity contribution in [1.82, 2.24) is 16.0 Å². The molecule has 12 N–H and O–H groups in total. The highest BCUT2D eigenvalue weighted by Gasteiger charge is 2.30. The van der Waals surface area contributed by atoms with Crippen LogP contribution in [0.5, 0.6) is 0 Å². The Hall–Kier alpha value is -4.20. The molecule has 0 saturated carbocycles. The average Bonchev–Trinajstić information content (AvgIpc) is 2.87. The van der Waals surface area contributed by atoms with Crippen molar-refractivity contribution >= 4 is 35.6 Å². The predicted octanol–water partition coefficient (Wildman–Crippen LogP) is -1.54. The minimum absolute atomic E-state index is 0.0299. The van der Waals surface area contributed by atoms with E-state index in [1.807, 2.05) is 13.8 Å². The van der Waals surface area contributed by atoms with Crippen LogP contribution in [0.4, 0.5) is 0 Å². The molecule has 1 rings (SSSR count). The van der Waals surface area contributed by atoms with Crippen LogP contribution in [0.15, 0.2) is 35.3 Å². The van der Waals surface area contributed by atoms with Gasteiger partial charge in [0.15, 0.2) is 5.96 Å². The molecular weight excluding hydrogens is 520 g/mol. The van der Waals surface area contributed by atoms with Gasteiger partial charge in [-0.3, -0.25) is 24.2 Å². The largest absolute Gasteiger partial charge is 0.480 e. The fourth-order valence-electron chi connectivity index (χ4n) is 3.81. The van der Waals surface area contributed by atoms with Crippen molar-refractivity contribution in [2.45, 2.75) is 76.5 Å². The first-order chi connectivity index (χ1) is 18.8. The van der Waals surface area contributed by atoms with E-state index in [1.165, 1.54) is 0 Å². The molecule has 0 heterocycles. The lowest BCUT2D eigenvalue weighted by Crippen LogP contribution is -2.57. The van der Waals surface area contributed by atoms with Gasteiger partial charge < -0.3 is 44.0 Å². The normalized spacial score (nSPS) is 13.8. The number of hydrogen-bond acceptors (Lipinski definition) is 7. The van der Waals surface area contributed by atoms with Gasteiger partial charge in [-0.15, -0.1) is 0 Å². The monoisotopic (exact) mass is 562 g/mol. The van der Waals surface area contributed by atoms with Gasteiger partial charge in [0.25, 0.3) is 0 Å². The molecule has 0 aliphatic heterocycles. The first-order valence-electron chi connectivity index (χ1n) is 13.1. The van der Waals surface area contributed by atoms with E-state index in [-0.39, 0.29) is 50.5 Å². The van der Waals surface area contributed by atoms with Gasteiger partial charge in [0.05, 0.1) is 6.04 Å². The lowest BCUT2D eigenvalue weighted by atomic mass is 10.0. The molecule has 0 spiro atoms. The Labute approximate surface area is 233 Å². The molecule has 0 fully saturated rings. The predicted molar refractivity (Wildman–Crippen MR) is 149 cm³/mol. The molecule has 0 aliphatic carbocycles. The number of carbonyl (C=O) groups is 5. The summed E-state index contributed by atoms with van der Waals surface area (Å²) in [6, 6.07) is 4.21. The fraction of sp³-hybridized carbons (Fsp3) is 0.538. The van der Waals surface area contributed by atoms with Crippen LogP contribution in [0.1, 0.15) is 51.5 Å². The molecule has 0 saturated heterocycles. The first kappa shape index (κ1) is 33.8. The Morgan fingerprint density at radius 2 is 1.43 bits per heavy atom. The zero-order valence-electron chi connectivity index (χ0n) is 23.0. The molecule has 0 aromatic heterocycles. The zero-order chi connectivity index (χ0) is 30.2. The van der Waals surface area contributed by atoms with Crippen molar-refractivity contribution in [3.8, 4) is 0 Å². The molecule has 222 valence electrons. The number of aliphatic imine (C=N–C) groups is 1. The highest BCUT2D eigenvalue weighted by atomic mass is 16.4. The summed E-state index contributed by atoms with van der Waals surface area (Å²) in [5.41, 5.74) is 22.5. The molecule has 4 unspecified atom stereocenters. The van der Waals surface area contributed by atoms with Gasteiger partial charge in [-0.05, 0) is 37.2 Å². The quantitative estimate of drug-likeness (QED) is 0.0585. The van der Waals surface area contributed by atoms with E-state index in [9.17, 15) is 29.1 Å². The highest BCUT2D eigenvalue weighted by molar-refractivity contribution is 5.94. The number of benzene rings is 1. The van der Waals surface area contributed by atoms with Crippen LogP contribution in [-0.4, -0.2) is 71.4 Å². The van der Waals surface area contributed by atoms with Crippen LogP contribution in [0.2, 0.25) is 0 Å². The average molecular weight is 563 g/mol. The van der Waals surface area contributed by atoms with E-state index in [1.54, 1.807) is 30.3 Å². The number of carbonyl (C=O) groups excluding carboxylic acids is 4. The van der Waals surface area contributed by atoms with Gasteiger partial charge in [-0.25, -0.2) is 4.79 Å². The Morgan fingerprint density at radius 3 is 1.98 bits per heavy atom. The number of carboxylic acids is 1. The maximum absolute atomic E-state index is 13.3. The number of nitrogens with one attached hydrogen (secondary N) is 3. The number of nitrogens with two attached hydrogens (primary N) is 4. The van der Waals surface area contributed by atoms with Crippen molar-refractivity contribution in [3.63, 3.8) is 0 Å². The third kappa shape index (κ3) is 13.6. The highest BCUT2D eigenvalue weighted by Crippen LogP contribution is 2.08. The van der Waals surface area contributed by atoms with Crippen molar-refractivity contribution in [2.75, 3.05) is 6.54 Å². The Kier molecular flexibility index (Phi) is 14.7. The van der Waals surface area contributed by atoms with E-state index in [2.05, 4.69) is 20.9 Å². The van der Waals surface area contributed by atoms with Crippen molar-refractivity contribution in [3.05, 3.63) is 35.9 Å². The summed E-state index contributed by atoms with van der Waals surface area (Å²) in [6.07, 6.45) is 0.391. The number of hydrogen-bond donors (Lipinski definition) is 8. The van der Waals surface area contributed by atoms with Crippen molar-refractivity contribution in [1.29, 1.82) is 0 Å². The molecule has 0 aliphatic rings. The lowest BCUT2D eigenvalue weighted by molar-refractivity contribution is -0.142. The van der Waals surface area contributed by atoms with E-state index in [0.29, 0.717) is 12.0 Å². The van der Waals surface area contributed by atoms with E-state index in [4.69, 9.17) is 22.9 Å². The minimum Gasteiger partial charge on any atom is -0.480 e. The van der Waals surface area contributed by atoms with Gasteiger partial charge in [0, 0.05) is 19.4 Å². The summed E-state index contributed by atoms with van der Waals surface area (Å²) in [7, 11) is 0. The second-order valence-corrected chi connectivity index (χ2v) is 9.90. The second-order valence-electron chi connectivity index (χ2n) is 9.90. The number of primary amides is 1. The molecule has 40 heavy (non-hydrogen) atoms. The van der Waals surface area contributed by atoms with Gasteiger partial charge in [-0.2, -0.15) is 0 Å². The molecule has 14 heteroatoms. The summed E-state index contributed by atoms with van der Waals surface area (Å²) in [5.74, 6) is -4.04. The summed E-state index contributed by atoms with van der Waals surface area (Å²) in [5, 5.41) is 17.2. The van der Waals surface area contributed by atoms with Gasteiger partial charge >= 0.3 is 5.97 Å². The lowest BCUT2D eigenvalue weighted by Gasteiger charge is -2.25. The number of guanidine groups is 1. The molecule has 1 aromatic carbocycles. The zero-order valence-corrected chi connectivity index (χ0v) is 23.0. The van der Waals surface area contributed by atoms with Gasteiger partial charge in [0.1, 0.15) is 18.1 Å². The minimum atomic E-state index is -1.27. The number of aliphatic carboxylic acids is 1. The maximum Gasteiger partial charge on any atom is 0.326 e. The molecule has 4 atom stereocenters. The van der Waals surface area contributed by atoms with Gasteiger partial charge in [0.2, 0.25) is 23.6 Å². The molecular formula is C26H42N8O6. The Bertz CT molecular complexity index is 1030. The summed E-state index contributed by atoms with van der Waals surface area (Å²) < 4.78 is 0. The summed E-state index contributed by atoms with van der Waals surface area (Å²) >= 11 is 0. The number of rotatable bonds is 18. The summed E-state index contributed by atoms with van der Waals surface area (Å²) in [4.78, 5) is 66.2. The van der Waals surface area contributed by atoms with Gasteiger partial charge in [-0.1, -0.05) is 44.2 Å². The maximum atomic E-state index is 13.3. The van der Waals surface area contributed by atoms with Crippen LogP contribution >= 0.6 is 0 Å². The van der Waals surface area contributed by atoms with E-state index >= 15 is 0 Å². The van der Waals surface area contributed by atoms with E-state index < -0.39 is 53.8 Å². The van der Waals surface area contributed by atoms with Crippen LogP contribution in [0, 0.1) is 5.92 Å². The fourth-order valence-corrected chi connectivity index (χ4v) is 3.81. The smallest absolute Gasteiger partial charge is 0.326 e. The number of nitrogens with zero attached hydrogens (tertiary/aromatic N) is 1. The Morgan fingerprint density at radius 1 is 0.850 bits per heavy atom. The SMILES string of the molecule is CC(C)CC(N)C(=O)NC(CCC(N)=O)C(=O)NC(Cc1ccccc1)C(=O)NC(CCCN=C(N)N)C(=O)O. The second kappa shape index (κ2) is 17.4. The molecule has 1 aromatic rings. The topological polar surface area (TPSA) is 258 Å². The van der Waals surface area contributed by atoms with E-state index in [0.717, 1.165) is 0 Å². The molecule has 4 amide bonds. The molecule has 14 nitrogen and oxygen atoms in total. The first-order valence-corrected chi connectivity index (χ1v) is 13.1. The van der Waals surface area contributed by atoms with Crippen LogP contribution in [0.25, 0.3) is 0 Å². The number of amides is 4. The molecule has 0 bridgehead atoms. The molecule has 0 radical (unpaired) electrons. The van der Waals surface area contributed by atoms with Crippen LogP contribution in [0.3, 0.4) is 0 Å². The Balaban J connectivity index is 3.12. The summed E-state index contributed by atoms with van der Waals surface area (Å²) in [6.45, 7) is 3.96. The standard InChI is InChI=1S/C26H42N8O6/c1-15(2)13-17(27)22(36)32-18(10-11-21(28)35)23(37)34-20(14-16-7-4-3-5-8-16)24(38)33-19(25(39)40)9-6-12-31-26(29)30/h3-5,7-8,15,17-20H,6,9-14,27H2,1-2H3,(H2,28,35)(H,32,36)(H,33,38)(H,34,37)(H,39,40)(H4,29,30,31). The number of carboxylic acid groups (broad SMARTS) is 1. The van der Waals surface area contributed by atoms with Crippen molar-refractivity contribution in [2.24, 2.45) is 33.8 Å².